The van der Waals surface area contributed by atoms with Crippen molar-refractivity contribution >= 4 is 11.9 Å². The molecular weight excluding hydrogens is 276 g/mol. The predicted octanol–water partition coefficient (Wildman–Crippen LogP) is 1.49. The molecule has 1 aliphatic heterocycles. The number of guanidine groups is 1. The molecule has 0 bridgehead atoms. The Labute approximate surface area is 133 Å². The van der Waals surface area contributed by atoms with Gasteiger partial charge >= 0.3 is 0 Å². The van der Waals surface area contributed by atoms with Crippen LogP contribution in [-0.2, 0) is 17.8 Å². The van der Waals surface area contributed by atoms with Crippen LogP contribution in [0.3, 0.4) is 0 Å². The lowest BCUT2D eigenvalue weighted by atomic mass is 10.0. The van der Waals surface area contributed by atoms with E-state index in [-0.39, 0.29) is 18.5 Å². The van der Waals surface area contributed by atoms with Crippen molar-refractivity contribution in [1.82, 2.24) is 15.1 Å². The summed E-state index contributed by atoms with van der Waals surface area (Å²) in [6.07, 6.45) is 1.01. The molecule has 1 heterocycles. The highest BCUT2D eigenvalue weighted by molar-refractivity contribution is 5.85. The minimum atomic E-state index is 0.0143. The Morgan fingerprint density at radius 2 is 2.00 bits per heavy atom. The molecule has 5 nitrogen and oxygen atoms in total. The molecular formula is C17H26N4O. The van der Waals surface area contributed by atoms with Gasteiger partial charge in [0.05, 0.1) is 0 Å². The van der Waals surface area contributed by atoms with Crippen molar-refractivity contribution in [3.05, 3.63) is 35.4 Å². The Balaban J connectivity index is 2.13. The van der Waals surface area contributed by atoms with Gasteiger partial charge in [0.15, 0.2) is 5.96 Å². The van der Waals surface area contributed by atoms with Gasteiger partial charge in [-0.2, -0.15) is 0 Å². The Bertz CT molecular complexity index is 551. The smallest absolute Gasteiger partial charge is 0.243 e. The second kappa shape index (κ2) is 7.29. The molecule has 0 fully saturated rings. The third kappa shape index (κ3) is 4.23. The molecule has 1 aliphatic rings. The van der Waals surface area contributed by atoms with Crippen molar-refractivity contribution in [2.45, 2.75) is 32.9 Å². The van der Waals surface area contributed by atoms with Crippen LogP contribution in [0.2, 0.25) is 0 Å². The first-order valence-electron chi connectivity index (χ1n) is 7.80. The van der Waals surface area contributed by atoms with E-state index in [1.54, 1.807) is 19.0 Å². The van der Waals surface area contributed by atoms with E-state index in [4.69, 9.17) is 0 Å². The number of carbonyl (C=O) groups is 1. The normalized spacial score (nSPS) is 14.8. The number of fused-ring (bicyclic) bond motifs is 1. The summed E-state index contributed by atoms with van der Waals surface area (Å²) >= 11 is 0. The van der Waals surface area contributed by atoms with E-state index >= 15 is 0 Å². The Kier molecular flexibility index (Phi) is 5.41. The van der Waals surface area contributed by atoms with E-state index in [0.717, 1.165) is 25.5 Å². The van der Waals surface area contributed by atoms with Crippen LogP contribution >= 0.6 is 0 Å². The summed E-state index contributed by atoms with van der Waals surface area (Å²) in [4.78, 5) is 20.1. The lowest BCUT2D eigenvalue weighted by Crippen LogP contribution is -2.46. The number of carbonyl (C=O) groups excluding carboxylic acids is 1. The monoisotopic (exact) mass is 302 g/mol. The Hall–Kier alpha value is -2.04. The summed E-state index contributed by atoms with van der Waals surface area (Å²) in [5.74, 6) is 0.833. The molecule has 0 spiro atoms. The fourth-order valence-electron chi connectivity index (χ4n) is 2.46. The van der Waals surface area contributed by atoms with Gasteiger partial charge in [0.1, 0.15) is 6.54 Å². The average molecular weight is 302 g/mol. The summed E-state index contributed by atoms with van der Waals surface area (Å²) in [5.41, 5.74) is 2.75. The van der Waals surface area contributed by atoms with Crippen molar-refractivity contribution < 1.29 is 4.79 Å². The quantitative estimate of drug-likeness (QED) is 0.680. The molecule has 1 amide bonds. The van der Waals surface area contributed by atoms with Crippen molar-refractivity contribution in [3.63, 3.8) is 0 Å². The number of nitrogens with zero attached hydrogens (tertiary/aromatic N) is 3. The molecule has 1 N–H and O–H groups in total. The first-order valence-corrected chi connectivity index (χ1v) is 7.80. The van der Waals surface area contributed by atoms with Crippen LogP contribution in [0, 0.1) is 0 Å². The van der Waals surface area contributed by atoms with Crippen LogP contribution < -0.4 is 5.32 Å². The maximum atomic E-state index is 11.8. The molecule has 0 saturated heterocycles. The zero-order valence-corrected chi connectivity index (χ0v) is 14.0. The van der Waals surface area contributed by atoms with Gasteiger partial charge in [0.2, 0.25) is 5.91 Å². The van der Waals surface area contributed by atoms with Gasteiger partial charge in [-0.3, -0.25) is 4.79 Å². The van der Waals surface area contributed by atoms with Gasteiger partial charge in [-0.15, -0.1) is 0 Å². The third-order valence-corrected chi connectivity index (χ3v) is 3.71. The van der Waals surface area contributed by atoms with E-state index < -0.39 is 0 Å². The van der Waals surface area contributed by atoms with Gasteiger partial charge < -0.3 is 15.1 Å². The van der Waals surface area contributed by atoms with E-state index in [1.165, 1.54) is 11.1 Å². The number of rotatable bonds is 3. The summed E-state index contributed by atoms with van der Waals surface area (Å²) in [6.45, 7) is 6.11. The molecule has 5 heteroatoms. The average Bonchev–Trinajstić information content (AvgIpc) is 2.50. The van der Waals surface area contributed by atoms with E-state index in [2.05, 4.69) is 53.3 Å². The first-order chi connectivity index (χ1) is 10.5. The van der Waals surface area contributed by atoms with Gasteiger partial charge in [-0.05, 0) is 31.4 Å². The van der Waals surface area contributed by atoms with Crippen LogP contribution in [-0.4, -0.2) is 54.9 Å². The van der Waals surface area contributed by atoms with Gasteiger partial charge in [0.25, 0.3) is 0 Å². The highest BCUT2D eigenvalue weighted by atomic mass is 16.2. The van der Waals surface area contributed by atoms with Crippen molar-refractivity contribution in [2.75, 3.05) is 27.2 Å². The molecule has 0 radical (unpaired) electrons. The maximum absolute atomic E-state index is 11.8. The largest absolute Gasteiger partial charge is 0.354 e. The molecule has 0 aliphatic carbocycles. The summed E-state index contributed by atoms with van der Waals surface area (Å²) in [7, 11) is 3.51. The SMILES string of the molecule is CC(C)NC(=NCC(=O)N(C)C)N1CCc2ccccc2C1. The molecule has 120 valence electrons. The standard InChI is InChI=1S/C17H26N4O/c1-13(2)19-17(18-11-16(22)20(3)4)21-10-9-14-7-5-6-8-15(14)12-21/h5-8,13H,9-12H2,1-4H3,(H,18,19). The van der Waals surface area contributed by atoms with Crippen LogP contribution in [0.1, 0.15) is 25.0 Å². The second-order valence-corrected chi connectivity index (χ2v) is 6.17. The van der Waals surface area contributed by atoms with Crippen molar-refractivity contribution in [2.24, 2.45) is 4.99 Å². The van der Waals surface area contributed by atoms with Crippen LogP contribution in [0.15, 0.2) is 29.3 Å². The van der Waals surface area contributed by atoms with E-state index in [0.29, 0.717) is 0 Å². The number of aliphatic imine (C=N–C) groups is 1. The molecule has 22 heavy (non-hydrogen) atoms. The van der Waals surface area contributed by atoms with E-state index in [1.807, 2.05) is 0 Å². The van der Waals surface area contributed by atoms with Crippen molar-refractivity contribution in [1.29, 1.82) is 0 Å². The number of likely N-dealkylation sites (N-methyl/N-ethyl adjacent to an activating group) is 1. The molecule has 0 saturated carbocycles. The van der Waals surface area contributed by atoms with Gasteiger partial charge in [0, 0.05) is 33.2 Å². The minimum absolute atomic E-state index is 0.0143. The topological polar surface area (TPSA) is 47.9 Å². The highest BCUT2D eigenvalue weighted by Gasteiger charge is 2.19. The van der Waals surface area contributed by atoms with Gasteiger partial charge in [-0.25, -0.2) is 4.99 Å². The third-order valence-electron chi connectivity index (χ3n) is 3.71. The zero-order chi connectivity index (χ0) is 16.1. The fraction of sp³-hybridized carbons (Fsp3) is 0.529. The van der Waals surface area contributed by atoms with E-state index in [9.17, 15) is 4.79 Å². The number of hydrogen-bond donors (Lipinski definition) is 1. The summed E-state index contributed by atoms with van der Waals surface area (Å²) < 4.78 is 0. The van der Waals surface area contributed by atoms with Gasteiger partial charge in [-0.1, -0.05) is 24.3 Å². The zero-order valence-electron chi connectivity index (χ0n) is 14.0. The molecule has 0 aromatic heterocycles. The second-order valence-electron chi connectivity index (χ2n) is 6.17. The number of hydrogen-bond acceptors (Lipinski definition) is 2. The minimum Gasteiger partial charge on any atom is -0.354 e. The lowest BCUT2D eigenvalue weighted by Gasteiger charge is -2.32. The van der Waals surface area contributed by atoms with Crippen LogP contribution in [0.25, 0.3) is 0 Å². The summed E-state index contributed by atoms with van der Waals surface area (Å²) in [5, 5.41) is 3.38. The first kappa shape index (κ1) is 16.3. The summed E-state index contributed by atoms with van der Waals surface area (Å²) in [6, 6.07) is 8.80. The van der Waals surface area contributed by atoms with Crippen LogP contribution in [0.4, 0.5) is 0 Å². The molecule has 0 unspecified atom stereocenters. The lowest BCUT2D eigenvalue weighted by molar-refractivity contribution is -0.127. The molecule has 0 atom stereocenters. The van der Waals surface area contributed by atoms with Crippen LogP contribution in [0.5, 0.6) is 0 Å². The highest BCUT2D eigenvalue weighted by Crippen LogP contribution is 2.18. The fourth-order valence-corrected chi connectivity index (χ4v) is 2.46. The Morgan fingerprint density at radius 3 is 2.64 bits per heavy atom. The van der Waals surface area contributed by atoms with Crippen molar-refractivity contribution in [3.8, 4) is 0 Å². The Morgan fingerprint density at radius 1 is 1.32 bits per heavy atom. The molecule has 1 aromatic carbocycles. The predicted molar refractivity (Wildman–Crippen MR) is 89.8 cm³/mol. The maximum Gasteiger partial charge on any atom is 0.243 e. The number of amides is 1. The molecule has 2 rings (SSSR count). The molecule has 1 aromatic rings. The number of nitrogens with one attached hydrogen (secondary N) is 1. The number of benzene rings is 1.